The summed E-state index contributed by atoms with van der Waals surface area (Å²) in [6.07, 6.45) is 4.32. The first kappa shape index (κ1) is 14.1. The lowest BCUT2D eigenvalue weighted by Crippen LogP contribution is -2.35. The van der Waals surface area contributed by atoms with Crippen LogP contribution in [-0.4, -0.2) is 36.3 Å². The largest absolute Gasteiger partial charge is 0.354 e. The highest BCUT2D eigenvalue weighted by Crippen LogP contribution is 2.34. The number of carbonyl (C=O) groups is 2. The molecule has 3 rings (SSSR count). The molecule has 0 bridgehead atoms. The van der Waals surface area contributed by atoms with E-state index in [9.17, 15) is 9.59 Å². The van der Waals surface area contributed by atoms with E-state index in [1.807, 2.05) is 11.0 Å². The van der Waals surface area contributed by atoms with Crippen LogP contribution in [0.5, 0.6) is 0 Å². The summed E-state index contributed by atoms with van der Waals surface area (Å²) in [5.41, 5.74) is 2.72. The van der Waals surface area contributed by atoms with Gasteiger partial charge in [-0.05, 0) is 36.3 Å². The maximum absolute atomic E-state index is 12.0. The Labute approximate surface area is 125 Å². The van der Waals surface area contributed by atoms with Crippen LogP contribution in [0.15, 0.2) is 24.3 Å². The highest BCUT2D eigenvalue weighted by Gasteiger charge is 2.24. The fourth-order valence-corrected chi connectivity index (χ4v) is 3.42. The molecule has 1 aromatic rings. The number of hydrogen-bond donors (Lipinski definition) is 1. The Kier molecular flexibility index (Phi) is 4.23. The molecule has 0 radical (unpaired) electrons. The van der Waals surface area contributed by atoms with E-state index in [4.69, 9.17) is 0 Å². The van der Waals surface area contributed by atoms with E-state index in [1.54, 1.807) is 0 Å². The van der Waals surface area contributed by atoms with Gasteiger partial charge < -0.3 is 10.2 Å². The van der Waals surface area contributed by atoms with Gasteiger partial charge in [0.05, 0.1) is 0 Å². The standard InChI is InChI=1S/C17H22N2O2/c20-16(18-9-11-19-10-3-6-17(19)21)12-14-8-7-13-4-1-2-5-15(13)14/h1-2,4-5,14H,3,6-12H2,(H,18,20). The highest BCUT2D eigenvalue weighted by atomic mass is 16.2. The van der Waals surface area contributed by atoms with Gasteiger partial charge >= 0.3 is 0 Å². The summed E-state index contributed by atoms with van der Waals surface area (Å²) in [6, 6.07) is 8.41. The van der Waals surface area contributed by atoms with E-state index in [-0.39, 0.29) is 11.8 Å². The van der Waals surface area contributed by atoms with Crippen LogP contribution in [-0.2, 0) is 16.0 Å². The molecular formula is C17H22N2O2. The fourth-order valence-electron chi connectivity index (χ4n) is 3.42. The van der Waals surface area contributed by atoms with Crippen LogP contribution in [0.2, 0.25) is 0 Å². The quantitative estimate of drug-likeness (QED) is 0.898. The van der Waals surface area contributed by atoms with Gasteiger partial charge in [0.2, 0.25) is 11.8 Å². The van der Waals surface area contributed by atoms with Gasteiger partial charge in [-0.25, -0.2) is 0 Å². The Bertz CT molecular complexity index is 541. The van der Waals surface area contributed by atoms with Gasteiger partial charge in [0.1, 0.15) is 0 Å². The molecule has 0 saturated carbocycles. The Morgan fingerprint density at radius 2 is 2.14 bits per heavy atom. The van der Waals surface area contributed by atoms with E-state index in [2.05, 4.69) is 23.5 Å². The minimum absolute atomic E-state index is 0.100. The van der Waals surface area contributed by atoms with Gasteiger partial charge in [0.25, 0.3) is 0 Å². The molecule has 2 amide bonds. The normalized spacial score (nSPS) is 20.7. The molecule has 1 aliphatic heterocycles. The zero-order chi connectivity index (χ0) is 14.7. The number of hydrogen-bond acceptors (Lipinski definition) is 2. The van der Waals surface area contributed by atoms with Crippen molar-refractivity contribution in [1.29, 1.82) is 0 Å². The van der Waals surface area contributed by atoms with Crippen LogP contribution in [0, 0.1) is 0 Å². The summed E-state index contributed by atoms with van der Waals surface area (Å²) < 4.78 is 0. The van der Waals surface area contributed by atoms with Gasteiger partial charge in [0, 0.05) is 32.5 Å². The molecule has 4 heteroatoms. The highest BCUT2D eigenvalue weighted by molar-refractivity contribution is 5.79. The minimum atomic E-state index is 0.100. The van der Waals surface area contributed by atoms with E-state index in [0.29, 0.717) is 31.8 Å². The molecular weight excluding hydrogens is 264 g/mol. The first-order chi connectivity index (χ1) is 10.2. The third-order valence-corrected chi connectivity index (χ3v) is 4.56. The molecule has 112 valence electrons. The Balaban J connectivity index is 1.44. The van der Waals surface area contributed by atoms with E-state index in [0.717, 1.165) is 25.8 Å². The number of nitrogens with zero attached hydrogens (tertiary/aromatic N) is 1. The number of likely N-dealkylation sites (tertiary alicyclic amines) is 1. The monoisotopic (exact) mass is 286 g/mol. The van der Waals surface area contributed by atoms with Crippen molar-refractivity contribution in [2.45, 2.75) is 38.0 Å². The summed E-state index contributed by atoms with van der Waals surface area (Å²) >= 11 is 0. The molecule has 1 saturated heterocycles. The van der Waals surface area contributed by atoms with Crippen molar-refractivity contribution in [1.82, 2.24) is 10.2 Å². The molecule has 1 aliphatic carbocycles. The summed E-state index contributed by atoms with van der Waals surface area (Å²) in [4.78, 5) is 25.4. The average Bonchev–Trinajstić information content (AvgIpc) is 3.07. The van der Waals surface area contributed by atoms with E-state index < -0.39 is 0 Å². The fraction of sp³-hybridized carbons (Fsp3) is 0.529. The lowest BCUT2D eigenvalue weighted by molar-refractivity contribution is -0.128. The summed E-state index contributed by atoms with van der Waals surface area (Å²) in [5, 5.41) is 2.95. The number of benzene rings is 1. The predicted octanol–water partition coefficient (Wildman–Crippen LogP) is 1.85. The topological polar surface area (TPSA) is 49.4 Å². The van der Waals surface area contributed by atoms with Crippen molar-refractivity contribution in [3.05, 3.63) is 35.4 Å². The molecule has 1 unspecified atom stereocenters. The maximum Gasteiger partial charge on any atom is 0.222 e. The first-order valence-corrected chi connectivity index (χ1v) is 7.86. The minimum Gasteiger partial charge on any atom is -0.354 e. The lowest BCUT2D eigenvalue weighted by Gasteiger charge is -2.16. The zero-order valence-electron chi connectivity index (χ0n) is 12.3. The third kappa shape index (κ3) is 3.26. The number of rotatable bonds is 5. The molecule has 0 spiro atoms. The van der Waals surface area contributed by atoms with Gasteiger partial charge in [-0.2, -0.15) is 0 Å². The molecule has 1 heterocycles. The SMILES string of the molecule is O=C(CC1CCc2ccccc21)NCCN1CCCC1=O. The number of nitrogens with one attached hydrogen (secondary N) is 1. The van der Waals surface area contributed by atoms with Crippen LogP contribution in [0.1, 0.15) is 42.7 Å². The number of aryl methyl sites for hydroxylation is 1. The van der Waals surface area contributed by atoms with Crippen molar-refractivity contribution in [3.8, 4) is 0 Å². The molecule has 21 heavy (non-hydrogen) atoms. The molecule has 1 N–H and O–H groups in total. The smallest absolute Gasteiger partial charge is 0.222 e. The molecule has 1 fully saturated rings. The summed E-state index contributed by atoms with van der Waals surface area (Å²) in [7, 11) is 0. The lowest BCUT2D eigenvalue weighted by atomic mass is 9.97. The van der Waals surface area contributed by atoms with Crippen LogP contribution >= 0.6 is 0 Å². The predicted molar refractivity (Wildman–Crippen MR) is 80.9 cm³/mol. The van der Waals surface area contributed by atoms with E-state index >= 15 is 0 Å². The maximum atomic E-state index is 12.0. The number of amides is 2. The Hall–Kier alpha value is -1.84. The Morgan fingerprint density at radius 3 is 2.95 bits per heavy atom. The summed E-state index contributed by atoms with van der Waals surface area (Å²) in [5.74, 6) is 0.673. The third-order valence-electron chi connectivity index (χ3n) is 4.56. The van der Waals surface area contributed by atoms with Crippen molar-refractivity contribution in [3.63, 3.8) is 0 Å². The van der Waals surface area contributed by atoms with Gasteiger partial charge in [-0.15, -0.1) is 0 Å². The van der Waals surface area contributed by atoms with Crippen molar-refractivity contribution >= 4 is 11.8 Å². The van der Waals surface area contributed by atoms with Crippen molar-refractivity contribution in [2.24, 2.45) is 0 Å². The van der Waals surface area contributed by atoms with Gasteiger partial charge in [0.15, 0.2) is 0 Å². The molecule has 0 aromatic heterocycles. The van der Waals surface area contributed by atoms with E-state index in [1.165, 1.54) is 11.1 Å². The van der Waals surface area contributed by atoms with Crippen LogP contribution < -0.4 is 5.32 Å². The van der Waals surface area contributed by atoms with Gasteiger partial charge in [-0.1, -0.05) is 24.3 Å². The van der Waals surface area contributed by atoms with Crippen molar-refractivity contribution < 1.29 is 9.59 Å². The second-order valence-corrected chi connectivity index (χ2v) is 5.97. The Morgan fingerprint density at radius 1 is 1.29 bits per heavy atom. The van der Waals surface area contributed by atoms with Gasteiger partial charge in [-0.3, -0.25) is 9.59 Å². The van der Waals surface area contributed by atoms with Crippen molar-refractivity contribution in [2.75, 3.05) is 19.6 Å². The molecule has 1 atom stereocenters. The second-order valence-electron chi connectivity index (χ2n) is 5.97. The van der Waals surface area contributed by atoms with Crippen LogP contribution in [0.3, 0.4) is 0 Å². The molecule has 1 aromatic carbocycles. The number of fused-ring (bicyclic) bond motifs is 1. The average molecular weight is 286 g/mol. The first-order valence-electron chi connectivity index (χ1n) is 7.86. The second kappa shape index (κ2) is 6.29. The summed E-state index contributed by atoms with van der Waals surface area (Å²) in [6.45, 7) is 2.05. The van der Waals surface area contributed by atoms with Crippen LogP contribution in [0.4, 0.5) is 0 Å². The molecule has 2 aliphatic rings. The number of carbonyl (C=O) groups excluding carboxylic acids is 2. The zero-order valence-corrected chi connectivity index (χ0v) is 12.3. The molecule has 4 nitrogen and oxygen atoms in total. The van der Waals surface area contributed by atoms with Crippen LogP contribution in [0.25, 0.3) is 0 Å².